The Morgan fingerprint density at radius 1 is 1.32 bits per heavy atom. The molecule has 4 nitrogen and oxygen atoms in total. The maximum Gasteiger partial charge on any atom is 0.234 e. The molecule has 1 amide bonds. The van der Waals surface area contributed by atoms with Gasteiger partial charge in [-0.1, -0.05) is 30.3 Å². The van der Waals surface area contributed by atoms with Gasteiger partial charge in [0.25, 0.3) is 0 Å². The molecule has 1 aliphatic carbocycles. The minimum absolute atomic E-state index is 0.0521. The van der Waals surface area contributed by atoms with Gasteiger partial charge in [0.1, 0.15) is 0 Å². The lowest BCUT2D eigenvalue weighted by molar-refractivity contribution is -0.122. The summed E-state index contributed by atoms with van der Waals surface area (Å²) in [4.78, 5) is 13.8. The Kier molecular flexibility index (Phi) is 5.36. The number of rotatable bonds is 8. The predicted octanol–water partition coefficient (Wildman–Crippen LogP) is 1.01. The lowest BCUT2D eigenvalue weighted by Crippen LogP contribution is -2.39. The standard InChI is InChI=1S/C15H22N2O2/c18-9-8-17(11-14-4-2-1-3-5-14)12-15(19)16-10-13-6-7-13/h1-5,13,18H,6-12H2,(H,16,19). The molecule has 0 bridgehead atoms. The van der Waals surface area contributed by atoms with Crippen LogP contribution in [0.3, 0.4) is 0 Å². The number of nitrogens with one attached hydrogen (secondary N) is 1. The van der Waals surface area contributed by atoms with E-state index in [2.05, 4.69) is 5.32 Å². The summed E-state index contributed by atoms with van der Waals surface area (Å²) in [6.45, 7) is 2.44. The van der Waals surface area contributed by atoms with Crippen LogP contribution in [0.1, 0.15) is 18.4 Å². The smallest absolute Gasteiger partial charge is 0.234 e. The van der Waals surface area contributed by atoms with Gasteiger partial charge in [-0.3, -0.25) is 9.69 Å². The maximum atomic E-state index is 11.8. The minimum atomic E-state index is 0.0521. The van der Waals surface area contributed by atoms with E-state index in [0.29, 0.717) is 25.6 Å². The van der Waals surface area contributed by atoms with E-state index in [4.69, 9.17) is 5.11 Å². The predicted molar refractivity (Wildman–Crippen MR) is 74.5 cm³/mol. The molecule has 0 unspecified atom stereocenters. The van der Waals surface area contributed by atoms with Gasteiger partial charge in [-0.05, 0) is 24.3 Å². The van der Waals surface area contributed by atoms with Crippen LogP contribution in [0.2, 0.25) is 0 Å². The van der Waals surface area contributed by atoms with Gasteiger partial charge in [-0.2, -0.15) is 0 Å². The van der Waals surface area contributed by atoms with E-state index in [9.17, 15) is 4.79 Å². The normalized spacial score (nSPS) is 14.6. The second-order valence-corrected chi connectivity index (χ2v) is 5.17. The molecule has 0 heterocycles. The molecule has 2 rings (SSSR count). The Balaban J connectivity index is 1.78. The average Bonchev–Trinajstić information content (AvgIpc) is 3.22. The number of carbonyl (C=O) groups is 1. The van der Waals surface area contributed by atoms with Gasteiger partial charge in [0, 0.05) is 19.6 Å². The molecule has 0 radical (unpaired) electrons. The van der Waals surface area contributed by atoms with Gasteiger partial charge in [0.2, 0.25) is 5.91 Å². The summed E-state index contributed by atoms with van der Waals surface area (Å²) >= 11 is 0. The zero-order chi connectivity index (χ0) is 13.5. The Labute approximate surface area is 114 Å². The molecule has 19 heavy (non-hydrogen) atoms. The molecule has 0 aromatic heterocycles. The zero-order valence-electron chi connectivity index (χ0n) is 11.2. The SMILES string of the molecule is O=C(CN(CCO)Cc1ccccc1)NCC1CC1. The number of aliphatic hydroxyl groups excluding tert-OH is 1. The fourth-order valence-corrected chi connectivity index (χ4v) is 2.04. The van der Waals surface area contributed by atoms with Crippen LogP contribution in [0.5, 0.6) is 0 Å². The van der Waals surface area contributed by atoms with Crippen LogP contribution >= 0.6 is 0 Å². The number of amides is 1. The first-order valence-corrected chi connectivity index (χ1v) is 6.92. The van der Waals surface area contributed by atoms with Gasteiger partial charge in [0.15, 0.2) is 0 Å². The van der Waals surface area contributed by atoms with Crippen molar-refractivity contribution in [2.24, 2.45) is 5.92 Å². The third kappa shape index (κ3) is 5.41. The highest BCUT2D eigenvalue weighted by atomic mass is 16.3. The quantitative estimate of drug-likeness (QED) is 0.735. The number of benzene rings is 1. The molecule has 0 atom stereocenters. The highest BCUT2D eigenvalue weighted by Gasteiger charge is 2.22. The van der Waals surface area contributed by atoms with Crippen molar-refractivity contribution in [1.82, 2.24) is 10.2 Å². The highest BCUT2D eigenvalue weighted by Crippen LogP contribution is 2.27. The molecule has 1 saturated carbocycles. The molecule has 4 heteroatoms. The zero-order valence-corrected chi connectivity index (χ0v) is 11.2. The van der Waals surface area contributed by atoms with E-state index in [1.165, 1.54) is 12.8 Å². The number of aliphatic hydroxyl groups is 1. The minimum Gasteiger partial charge on any atom is -0.395 e. The summed E-state index contributed by atoms with van der Waals surface area (Å²) in [6, 6.07) is 10.0. The molecule has 0 saturated heterocycles. The summed E-state index contributed by atoms with van der Waals surface area (Å²) < 4.78 is 0. The number of hydrogen-bond donors (Lipinski definition) is 2. The van der Waals surface area contributed by atoms with Crippen molar-refractivity contribution < 1.29 is 9.90 Å². The van der Waals surface area contributed by atoms with Crippen molar-refractivity contribution in [3.8, 4) is 0 Å². The van der Waals surface area contributed by atoms with Gasteiger partial charge >= 0.3 is 0 Å². The van der Waals surface area contributed by atoms with Crippen molar-refractivity contribution in [1.29, 1.82) is 0 Å². The van der Waals surface area contributed by atoms with Crippen molar-refractivity contribution in [2.45, 2.75) is 19.4 Å². The van der Waals surface area contributed by atoms with Crippen molar-refractivity contribution in [3.05, 3.63) is 35.9 Å². The van der Waals surface area contributed by atoms with E-state index >= 15 is 0 Å². The fraction of sp³-hybridized carbons (Fsp3) is 0.533. The third-order valence-electron chi connectivity index (χ3n) is 3.32. The van der Waals surface area contributed by atoms with E-state index in [1.807, 2.05) is 35.2 Å². The van der Waals surface area contributed by atoms with Crippen LogP contribution in [0.15, 0.2) is 30.3 Å². The van der Waals surface area contributed by atoms with Crippen LogP contribution in [-0.2, 0) is 11.3 Å². The molecule has 1 aliphatic rings. The highest BCUT2D eigenvalue weighted by molar-refractivity contribution is 5.78. The third-order valence-corrected chi connectivity index (χ3v) is 3.32. The summed E-state index contributed by atoms with van der Waals surface area (Å²) in [6.07, 6.45) is 2.48. The van der Waals surface area contributed by atoms with Gasteiger partial charge < -0.3 is 10.4 Å². The first-order valence-electron chi connectivity index (χ1n) is 6.92. The van der Waals surface area contributed by atoms with Crippen molar-refractivity contribution >= 4 is 5.91 Å². The van der Waals surface area contributed by atoms with Gasteiger partial charge in [-0.15, -0.1) is 0 Å². The first-order chi connectivity index (χ1) is 9.28. The lowest BCUT2D eigenvalue weighted by atomic mass is 10.2. The summed E-state index contributed by atoms with van der Waals surface area (Å²) in [7, 11) is 0. The van der Waals surface area contributed by atoms with Crippen LogP contribution in [0, 0.1) is 5.92 Å². The van der Waals surface area contributed by atoms with Crippen LogP contribution in [0.4, 0.5) is 0 Å². The maximum absolute atomic E-state index is 11.8. The molecular formula is C15H22N2O2. The summed E-state index contributed by atoms with van der Waals surface area (Å²) in [5.74, 6) is 0.751. The molecule has 104 valence electrons. The number of nitrogens with zero attached hydrogens (tertiary/aromatic N) is 1. The summed E-state index contributed by atoms with van der Waals surface area (Å²) in [5, 5.41) is 12.0. The van der Waals surface area contributed by atoms with Crippen molar-refractivity contribution in [2.75, 3.05) is 26.2 Å². The van der Waals surface area contributed by atoms with E-state index in [1.54, 1.807) is 0 Å². The van der Waals surface area contributed by atoms with Crippen LogP contribution in [0.25, 0.3) is 0 Å². The van der Waals surface area contributed by atoms with Gasteiger partial charge in [0.05, 0.1) is 13.2 Å². The lowest BCUT2D eigenvalue weighted by Gasteiger charge is -2.20. The van der Waals surface area contributed by atoms with E-state index < -0.39 is 0 Å². The average molecular weight is 262 g/mol. The number of carbonyl (C=O) groups excluding carboxylic acids is 1. The molecule has 0 aliphatic heterocycles. The second kappa shape index (κ2) is 7.26. The van der Waals surface area contributed by atoms with E-state index in [-0.39, 0.29) is 12.5 Å². The molecule has 1 aromatic rings. The molecule has 0 spiro atoms. The van der Waals surface area contributed by atoms with Crippen LogP contribution < -0.4 is 5.32 Å². The Morgan fingerprint density at radius 3 is 2.68 bits per heavy atom. The first kappa shape index (κ1) is 14.0. The monoisotopic (exact) mass is 262 g/mol. The van der Waals surface area contributed by atoms with Crippen LogP contribution in [-0.4, -0.2) is 42.2 Å². The second-order valence-electron chi connectivity index (χ2n) is 5.17. The number of hydrogen-bond acceptors (Lipinski definition) is 3. The molecule has 1 fully saturated rings. The van der Waals surface area contributed by atoms with Crippen molar-refractivity contribution in [3.63, 3.8) is 0 Å². The Hall–Kier alpha value is -1.39. The molecular weight excluding hydrogens is 240 g/mol. The largest absolute Gasteiger partial charge is 0.395 e. The Bertz CT molecular complexity index is 390. The van der Waals surface area contributed by atoms with E-state index in [0.717, 1.165) is 12.1 Å². The molecule has 1 aromatic carbocycles. The summed E-state index contributed by atoms with van der Waals surface area (Å²) in [5.41, 5.74) is 1.16. The Morgan fingerprint density at radius 2 is 2.05 bits per heavy atom. The topological polar surface area (TPSA) is 52.6 Å². The fourth-order valence-electron chi connectivity index (χ4n) is 2.04. The van der Waals surface area contributed by atoms with Gasteiger partial charge in [-0.25, -0.2) is 0 Å². The molecule has 2 N–H and O–H groups in total.